The second kappa shape index (κ2) is 3.09. The third kappa shape index (κ3) is 1.14. The first-order chi connectivity index (χ1) is 7.31. The van der Waals surface area contributed by atoms with Crippen LogP contribution in [0.15, 0.2) is 6.07 Å². The van der Waals surface area contributed by atoms with E-state index in [1.807, 2.05) is 7.05 Å². The highest BCUT2D eigenvalue weighted by Crippen LogP contribution is 2.38. The maximum Gasteiger partial charge on any atom is 0.163 e. The van der Waals surface area contributed by atoms with Crippen molar-refractivity contribution in [3.63, 3.8) is 0 Å². The SMILES string of the molecule is CNc1c2c(cc3c1CCC3=O)CCC2. The Morgan fingerprint density at radius 3 is 2.80 bits per heavy atom. The quantitative estimate of drug-likeness (QED) is 0.755. The Kier molecular flexibility index (Phi) is 1.84. The second-order valence-corrected chi connectivity index (χ2v) is 4.44. The van der Waals surface area contributed by atoms with Crippen molar-refractivity contribution in [1.29, 1.82) is 0 Å². The van der Waals surface area contributed by atoms with E-state index in [1.54, 1.807) is 0 Å². The number of carbonyl (C=O) groups is 1. The average Bonchev–Trinajstić information content (AvgIpc) is 2.83. The molecule has 1 aromatic carbocycles. The van der Waals surface area contributed by atoms with Crippen molar-refractivity contribution >= 4 is 11.5 Å². The number of aryl methyl sites for hydroxylation is 1. The summed E-state index contributed by atoms with van der Waals surface area (Å²) >= 11 is 0. The first-order valence-electron chi connectivity index (χ1n) is 5.70. The van der Waals surface area contributed by atoms with Crippen molar-refractivity contribution in [3.05, 3.63) is 28.3 Å². The van der Waals surface area contributed by atoms with Gasteiger partial charge in [-0.25, -0.2) is 0 Å². The van der Waals surface area contributed by atoms with Crippen LogP contribution < -0.4 is 5.32 Å². The van der Waals surface area contributed by atoms with Crippen LogP contribution in [0, 0.1) is 0 Å². The van der Waals surface area contributed by atoms with Gasteiger partial charge in [0.2, 0.25) is 0 Å². The zero-order valence-corrected chi connectivity index (χ0v) is 9.02. The molecule has 0 heterocycles. The van der Waals surface area contributed by atoms with Crippen LogP contribution in [0.3, 0.4) is 0 Å². The van der Waals surface area contributed by atoms with Gasteiger partial charge in [0.25, 0.3) is 0 Å². The maximum atomic E-state index is 11.7. The van der Waals surface area contributed by atoms with Crippen LogP contribution >= 0.6 is 0 Å². The number of hydrogen-bond acceptors (Lipinski definition) is 2. The number of benzene rings is 1. The molecular formula is C13H15NO. The van der Waals surface area contributed by atoms with Crippen LogP contribution in [0.4, 0.5) is 5.69 Å². The third-order valence-corrected chi connectivity index (χ3v) is 3.66. The Hall–Kier alpha value is -1.31. The lowest BCUT2D eigenvalue weighted by molar-refractivity contribution is 0.0994. The van der Waals surface area contributed by atoms with Crippen LogP contribution in [0.2, 0.25) is 0 Å². The number of hydrogen-bond donors (Lipinski definition) is 1. The minimum atomic E-state index is 0.330. The molecule has 1 N–H and O–H groups in total. The average molecular weight is 201 g/mol. The predicted octanol–water partition coefficient (Wildman–Crippen LogP) is 2.35. The highest BCUT2D eigenvalue weighted by Gasteiger charge is 2.27. The zero-order valence-electron chi connectivity index (χ0n) is 9.02. The lowest BCUT2D eigenvalue weighted by Crippen LogP contribution is -2.02. The minimum absolute atomic E-state index is 0.330. The summed E-state index contributed by atoms with van der Waals surface area (Å²) in [4.78, 5) is 11.7. The van der Waals surface area contributed by atoms with Crippen LogP contribution in [-0.4, -0.2) is 12.8 Å². The highest BCUT2D eigenvalue weighted by atomic mass is 16.1. The summed E-state index contributed by atoms with van der Waals surface area (Å²) in [5.74, 6) is 0.330. The Labute approximate surface area is 89.7 Å². The van der Waals surface area contributed by atoms with E-state index >= 15 is 0 Å². The fourth-order valence-corrected chi connectivity index (χ4v) is 2.97. The van der Waals surface area contributed by atoms with Crippen LogP contribution in [0.1, 0.15) is 39.9 Å². The van der Waals surface area contributed by atoms with E-state index < -0.39 is 0 Å². The molecule has 0 aromatic heterocycles. The topological polar surface area (TPSA) is 29.1 Å². The number of anilines is 1. The Bertz CT molecular complexity index is 448. The van der Waals surface area contributed by atoms with Gasteiger partial charge in [-0.05, 0) is 48.4 Å². The molecule has 2 aliphatic carbocycles. The monoisotopic (exact) mass is 201 g/mol. The fraction of sp³-hybridized carbons (Fsp3) is 0.462. The van der Waals surface area contributed by atoms with Gasteiger partial charge in [0.05, 0.1) is 0 Å². The summed E-state index contributed by atoms with van der Waals surface area (Å²) in [6.07, 6.45) is 5.18. The van der Waals surface area contributed by atoms with Crippen LogP contribution in [0.25, 0.3) is 0 Å². The summed E-state index contributed by atoms with van der Waals surface area (Å²) < 4.78 is 0. The molecule has 0 aliphatic heterocycles. The van der Waals surface area contributed by atoms with Gasteiger partial charge in [-0.2, -0.15) is 0 Å². The summed E-state index contributed by atoms with van der Waals surface area (Å²) in [6.45, 7) is 0. The molecular weight excluding hydrogens is 186 g/mol. The lowest BCUT2D eigenvalue weighted by atomic mass is 9.98. The number of ketones is 1. The molecule has 15 heavy (non-hydrogen) atoms. The summed E-state index contributed by atoms with van der Waals surface area (Å²) in [5, 5.41) is 3.30. The van der Waals surface area contributed by atoms with E-state index in [4.69, 9.17) is 0 Å². The molecule has 0 radical (unpaired) electrons. The maximum absolute atomic E-state index is 11.7. The van der Waals surface area contributed by atoms with Crippen molar-refractivity contribution in [1.82, 2.24) is 0 Å². The van der Waals surface area contributed by atoms with Crippen molar-refractivity contribution in [2.45, 2.75) is 32.1 Å². The van der Waals surface area contributed by atoms with Crippen molar-refractivity contribution in [2.75, 3.05) is 12.4 Å². The molecule has 0 spiro atoms. The van der Waals surface area contributed by atoms with Crippen LogP contribution in [-0.2, 0) is 19.3 Å². The fourth-order valence-electron chi connectivity index (χ4n) is 2.97. The van der Waals surface area contributed by atoms with E-state index in [2.05, 4.69) is 11.4 Å². The number of Topliss-reactive ketones (excluding diaryl/α,β-unsaturated/α-hetero) is 1. The van der Waals surface area contributed by atoms with Gasteiger partial charge in [-0.3, -0.25) is 4.79 Å². The van der Waals surface area contributed by atoms with Gasteiger partial charge in [-0.15, -0.1) is 0 Å². The lowest BCUT2D eigenvalue weighted by Gasteiger charge is -2.13. The molecule has 0 amide bonds. The second-order valence-electron chi connectivity index (χ2n) is 4.44. The van der Waals surface area contributed by atoms with E-state index in [-0.39, 0.29) is 0 Å². The smallest absolute Gasteiger partial charge is 0.163 e. The van der Waals surface area contributed by atoms with E-state index in [1.165, 1.54) is 35.2 Å². The zero-order chi connectivity index (χ0) is 10.4. The molecule has 0 atom stereocenters. The normalized spacial score (nSPS) is 17.8. The van der Waals surface area contributed by atoms with E-state index in [0.717, 1.165) is 18.4 Å². The number of carbonyl (C=O) groups excluding carboxylic acids is 1. The molecule has 2 aliphatic rings. The Morgan fingerprint density at radius 1 is 1.13 bits per heavy atom. The standard InChI is InChI=1S/C13H15NO/c1-14-13-9-4-2-3-8(9)7-11-10(13)5-6-12(11)15/h7,14H,2-6H2,1H3. The highest BCUT2D eigenvalue weighted by molar-refractivity contribution is 6.02. The summed E-state index contributed by atoms with van der Waals surface area (Å²) in [6, 6.07) is 2.15. The van der Waals surface area contributed by atoms with Gasteiger partial charge in [-0.1, -0.05) is 0 Å². The molecule has 2 nitrogen and oxygen atoms in total. The van der Waals surface area contributed by atoms with Crippen molar-refractivity contribution in [2.24, 2.45) is 0 Å². The van der Waals surface area contributed by atoms with E-state index in [9.17, 15) is 4.79 Å². The van der Waals surface area contributed by atoms with Gasteiger partial charge >= 0.3 is 0 Å². The van der Waals surface area contributed by atoms with Crippen molar-refractivity contribution < 1.29 is 4.79 Å². The molecule has 1 aromatic rings. The molecule has 2 heteroatoms. The van der Waals surface area contributed by atoms with Gasteiger partial charge in [0.1, 0.15) is 0 Å². The molecule has 3 rings (SSSR count). The Morgan fingerprint density at radius 2 is 2.00 bits per heavy atom. The molecule has 78 valence electrons. The van der Waals surface area contributed by atoms with Gasteiger partial charge < -0.3 is 5.32 Å². The predicted molar refractivity (Wildman–Crippen MR) is 60.7 cm³/mol. The summed E-state index contributed by atoms with van der Waals surface area (Å²) in [7, 11) is 1.97. The number of nitrogens with one attached hydrogen (secondary N) is 1. The summed E-state index contributed by atoms with van der Waals surface area (Å²) in [5.41, 5.74) is 6.37. The van der Waals surface area contributed by atoms with E-state index in [0.29, 0.717) is 12.2 Å². The molecule has 0 fully saturated rings. The molecule has 0 saturated carbocycles. The molecule has 0 bridgehead atoms. The van der Waals surface area contributed by atoms with Gasteiger partial charge in [0, 0.05) is 24.7 Å². The molecule has 0 unspecified atom stereocenters. The largest absolute Gasteiger partial charge is 0.388 e. The van der Waals surface area contributed by atoms with Crippen LogP contribution in [0.5, 0.6) is 0 Å². The number of fused-ring (bicyclic) bond motifs is 2. The first kappa shape index (κ1) is 8.96. The Balaban J connectivity index is 2.28. The number of rotatable bonds is 1. The first-order valence-corrected chi connectivity index (χ1v) is 5.70. The van der Waals surface area contributed by atoms with Gasteiger partial charge in [0.15, 0.2) is 5.78 Å². The third-order valence-electron chi connectivity index (χ3n) is 3.66. The van der Waals surface area contributed by atoms with Crippen molar-refractivity contribution in [3.8, 4) is 0 Å². The molecule has 0 saturated heterocycles. The minimum Gasteiger partial charge on any atom is -0.388 e.